The Morgan fingerprint density at radius 2 is 1.83 bits per heavy atom. The van der Waals surface area contributed by atoms with E-state index in [2.05, 4.69) is 13.8 Å². The van der Waals surface area contributed by atoms with Crippen LogP contribution in [0.25, 0.3) is 6.08 Å². The van der Waals surface area contributed by atoms with Crippen LogP contribution in [-0.4, -0.2) is 37.5 Å². The molecular weight excluding hydrogens is 306 g/mol. The van der Waals surface area contributed by atoms with Crippen LogP contribution in [0.3, 0.4) is 0 Å². The van der Waals surface area contributed by atoms with Gasteiger partial charge in [-0.05, 0) is 42.2 Å². The molecular formula is C19H23NO4. The number of hydrogen-bond acceptors (Lipinski definition) is 4. The summed E-state index contributed by atoms with van der Waals surface area (Å²) < 4.78 is 10.9. The van der Waals surface area contributed by atoms with E-state index in [4.69, 9.17) is 9.47 Å². The van der Waals surface area contributed by atoms with Gasteiger partial charge in [0.05, 0.1) is 14.2 Å². The summed E-state index contributed by atoms with van der Waals surface area (Å²) in [5, 5.41) is 0. The van der Waals surface area contributed by atoms with Gasteiger partial charge in [-0.2, -0.15) is 0 Å². The molecule has 0 bridgehead atoms. The number of methoxy groups -OCH3 is 2. The van der Waals surface area contributed by atoms with Crippen molar-refractivity contribution in [3.63, 3.8) is 0 Å². The lowest BCUT2D eigenvalue weighted by molar-refractivity contribution is -0.139. The fraction of sp³-hybridized carbons (Fsp3) is 0.368. The SMILES string of the molecule is COc1cc(/C=C/C(=O)N2CCC=CC2=O)cc(OC)c1C(C)C. The van der Waals surface area contributed by atoms with Crippen LogP contribution in [0.15, 0.2) is 30.4 Å². The van der Waals surface area contributed by atoms with Crippen LogP contribution in [0.4, 0.5) is 0 Å². The van der Waals surface area contributed by atoms with Crippen LogP contribution >= 0.6 is 0 Å². The predicted octanol–water partition coefficient (Wildman–Crippen LogP) is 3.16. The minimum Gasteiger partial charge on any atom is -0.496 e. The Labute approximate surface area is 142 Å². The highest BCUT2D eigenvalue weighted by atomic mass is 16.5. The van der Waals surface area contributed by atoms with Gasteiger partial charge in [0.1, 0.15) is 11.5 Å². The van der Waals surface area contributed by atoms with Gasteiger partial charge < -0.3 is 9.47 Å². The zero-order valence-electron chi connectivity index (χ0n) is 14.5. The lowest BCUT2D eigenvalue weighted by Gasteiger charge is -2.19. The van der Waals surface area contributed by atoms with E-state index in [-0.39, 0.29) is 17.7 Å². The molecule has 2 amide bonds. The molecule has 1 aromatic carbocycles. The number of rotatable bonds is 5. The quantitative estimate of drug-likeness (QED) is 0.779. The summed E-state index contributed by atoms with van der Waals surface area (Å²) in [4.78, 5) is 25.1. The predicted molar refractivity (Wildman–Crippen MR) is 93.1 cm³/mol. The Hall–Kier alpha value is -2.56. The van der Waals surface area contributed by atoms with Gasteiger partial charge in [-0.25, -0.2) is 0 Å². The number of carbonyl (C=O) groups excluding carboxylic acids is 2. The van der Waals surface area contributed by atoms with Crippen molar-refractivity contribution in [2.45, 2.75) is 26.2 Å². The van der Waals surface area contributed by atoms with E-state index >= 15 is 0 Å². The summed E-state index contributed by atoms with van der Waals surface area (Å²) in [6.07, 6.45) is 6.97. The van der Waals surface area contributed by atoms with E-state index in [1.165, 1.54) is 17.1 Å². The van der Waals surface area contributed by atoms with Gasteiger partial charge in [-0.3, -0.25) is 14.5 Å². The van der Waals surface area contributed by atoms with Crippen LogP contribution in [0, 0.1) is 0 Å². The number of imide groups is 1. The molecule has 0 aromatic heterocycles. The van der Waals surface area contributed by atoms with E-state index in [0.29, 0.717) is 24.5 Å². The fourth-order valence-electron chi connectivity index (χ4n) is 2.69. The first kappa shape index (κ1) is 17.8. The molecule has 1 aliphatic rings. The van der Waals surface area contributed by atoms with Gasteiger partial charge in [0, 0.05) is 18.2 Å². The topological polar surface area (TPSA) is 55.8 Å². The van der Waals surface area contributed by atoms with E-state index in [1.807, 2.05) is 12.1 Å². The normalized spacial score (nSPS) is 14.5. The van der Waals surface area contributed by atoms with Gasteiger partial charge in [-0.15, -0.1) is 0 Å². The smallest absolute Gasteiger partial charge is 0.253 e. The molecule has 5 heteroatoms. The van der Waals surface area contributed by atoms with Crippen LogP contribution in [0.1, 0.15) is 37.3 Å². The zero-order valence-corrected chi connectivity index (χ0v) is 14.5. The summed E-state index contributed by atoms with van der Waals surface area (Å²) in [6.45, 7) is 4.54. The van der Waals surface area contributed by atoms with Gasteiger partial charge in [0.2, 0.25) is 0 Å². The average molecular weight is 329 g/mol. The second kappa shape index (κ2) is 7.81. The van der Waals surface area contributed by atoms with Crippen molar-refractivity contribution in [2.75, 3.05) is 20.8 Å². The molecule has 0 unspecified atom stereocenters. The van der Waals surface area contributed by atoms with Crippen molar-refractivity contribution in [1.29, 1.82) is 0 Å². The highest BCUT2D eigenvalue weighted by Crippen LogP contribution is 2.36. The lowest BCUT2D eigenvalue weighted by Crippen LogP contribution is -2.37. The maximum atomic E-state index is 12.2. The van der Waals surface area contributed by atoms with Crippen molar-refractivity contribution >= 4 is 17.9 Å². The molecule has 0 N–H and O–H groups in total. The third-order valence-electron chi connectivity index (χ3n) is 3.87. The largest absolute Gasteiger partial charge is 0.496 e. The maximum Gasteiger partial charge on any atom is 0.253 e. The minimum absolute atomic E-state index is 0.243. The summed E-state index contributed by atoms with van der Waals surface area (Å²) in [5.41, 5.74) is 1.77. The van der Waals surface area contributed by atoms with Crippen molar-refractivity contribution in [2.24, 2.45) is 0 Å². The van der Waals surface area contributed by atoms with Gasteiger partial charge in [-0.1, -0.05) is 19.9 Å². The van der Waals surface area contributed by atoms with Crippen LogP contribution in [-0.2, 0) is 9.59 Å². The molecule has 1 aromatic rings. The number of benzene rings is 1. The van der Waals surface area contributed by atoms with E-state index in [9.17, 15) is 9.59 Å². The summed E-state index contributed by atoms with van der Waals surface area (Å²) in [7, 11) is 3.22. The molecule has 128 valence electrons. The maximum absolute atomic E-state index is 12.2. The Morgan fingerprint density at radius 1 is 1.21 bits per heavy atom. The van der Waals surface area contributed by atoms with E-state index in [0.717, 1.165) is 11.1 Å². The van der Waals surface area contributed by atoms with Crippen molar-refractivity contribution < 1.29 is 19.1 Å². The average Bonchev–Trinajstić information content (AvgIpc) is 2.58. The van der Waals surface area contributed by atoms with Crippen LogP contribution < -0.4 is 9.47 Å². The van der Waals surface area contributed by atoms with E-state index < -0.39 is 0 Å². The van der Waals surface area contributed by atoms with Crippen molar-refractivity contribution in [3.8, 4) is 11.5 Å². The van der Waals surface area contributed by atoms with Gasteiger partial charge in [0.15, 0.2) is 0 Å². The Morgan fingerprint density at radius 3 is 2.33 bits per heavy atom. The number of hydrogen-bond donors (Lipinski definition) is 0. The van der Waals surface area contributed by atoms with Crippen LogP contribution in [0.5, 0.6) is 11.5 Å². The fourth-order valence-corrected chi connectivity index (χ4v) is 2.69. The Balaban J connectivity index is 2.27. The molecule has 0 aliphatic carbocycles. The molecule has 0 atom stereocenters. The summed E-state index contributed by atoms with van der Waals surface area (Å²) >= 11 is 0. The molecule has 24 heavy (non-hydrogen) atoms. The molecule has 0 radical (unpaired) electrons. The highest BCUT2D eigenvalue weighted by Gasteiger charge is 2.19. The second-order valence-corrected chi connectivity index (χ2v) is 5.85. The standard InChI is InChI=1S/C19H23NO4/c1-13(2)19-15(23-3)11-14(12-16(19)24-4)8-9-18(22)20-10-6-5-7-17(20)21/h5,7-9,11-13H,6,10H2,1-4H3/b9-8+. The van der Waals surface area contributed by atoms with Gasteiger partial charge >= 0.3 is 0 Å². The number of ether oxygens (including phenoxy) is 2. The highest BCUT2D eigenvalue weighted by molar-refractivity contribution is 6.06. The molecule has 1 aliphatic heterocycles. The molecule has 5 nitrogen and oxygen atoms in total. The first-order valence-corrected chi connectivity index (χ1v) is 7.94. The third kappa shape index (κ3) is 3.85. The van der Waals surface area contributed by atoms with E-state index in [1.54, 1.807) is 26.4 Å². The van der Waals surface area contributed by atoms with Crippen molar-refractivity contribution in [3.05, 3.63) is 41.5 Å². The first-order chi connectivity index (χ1) is 11.5. The molecule has 2 rings (SSSR count). The number of amides is 2. The summed E-state index contributed by atoms with van der Waals surface area (Å²) in [5.74, 6) is 1.07. The third-order valence-corrected chi connectivity index (χ3v) is 3.87. The zero-order chi connectivity index (χ0) is 17.7. The first-order valence-electron chi connectivity index (χ1n) is 7.94. The molecule has 0 saturated heterocycles. The summed E-state index contributed by atoms with van der Waals surface area (Å²) in [6, 6.07) is 3.72. The molecule has 0 fully saturated rings. The lowest BCUT2D eigenvalue weighted by atomic mass is 9.98. The molecule has 1 heterocycles. The van der Waals surface area contributed by atoms with Gasteiger partial charge in [0.25, 0.3) is 11.8 Å². The van der Waals surface area contributed by atoms with Crippen LogP contribution in [0.2, 0.25) is 0 Å². The second-order valence-electron chi connectivity index (χ2n) is 5.85. The number of carbonyl (C=O) groups is 2. The monoisotopic (exact) mass is 329 g/mol. The molecule has 0 spiro atoms. The Kier molecular flexibility index (Phi) is 5.79. The minimum atomic E-state index is -0.324. The number of nitrogens with zero attached hydrogens (tertiary/aromatic N) is 1. The molecule has 0 saturated carbocycles. The van der Waals surface area contributed by atoms with Crippen molar-refractivity contribution in [1.82, 2.24) is 4.90 Å². The Bertz CT molecular complexity index is 664.